The quantitative estimate of drug-likeness (QED) is 0.865. The predicted octanol–water partition coefficient (Wildman–Crippen LogP) is 1.66. The van der Waals surface area contributed by atoms with E-state index in [2.05, 4.69) is 4.72 Å². The maximum Gasteiger partial charge on any atom is 0.240 e. The number of sulfonamides is 1. The topological polar surface area (TPSA) is 66.4 Å². The molecule has 6 heteroatoms. The van der Waals surface area contributed by atoms with Crippen LogP contribution in [0.4, 0.5) is 4.39 Å². The van der Waals surface area contributed by atoms with Crippen molar-refractivity contribution >= 4 is 10.0 Å². The molecule has 1 aliphatic carbocycles. The van der Waals surface area contributed by atoms with Crippen LogP contribution in [0.15, 0.2) is 29.2 Å². The molecule has 1 atom stereocenters. The highest BCUT2D eigenvalue weighted by Crippen LogP contribution is 2.27. The maximum atomic E-state index is 12.7. The number of hydrogen-bond donors (Lipinski definition) is 2. The smallest absolute Gasteiger partial charge is 0.240 e. The molecule has 0 amide bonds. The molecule has 4 nitrogen and oxygen atoms in total. The van der Waals surface area contributed by atoms with Crippen LogP contribution in [-0.4, -0.2) is 26.2 Å². The SMILES string of the molecule is O=S(=O)(NCC(O)C1CCCC1)c1ccc(F)cc1. The number of aliphatic hydroxyl groups is 1. The van der Waals surface area contributed by atoms with E-state index in [0.29, 0.717) is 0 Å². The summed E-state index contributed by atoms with van der Waals surface area (Å²) >= 11 is 0. The second-order valence-electron chi connectivity index (χ2n) is 4.92. The van der Waals surface area contributed by atoms with Crippen molar-refractivity contribution in [3.05, 3.63) is 30.1 Å². The third kappa shape index (κ3) is 3.75. The van der Waals surface area contributed by atoms with Gasteiger partial charge in [-0.15, -0.1) is 0 Å². The van der Waals surface area contributed by atoms with Crippen molar-refractivity contribution in [1.29, 1.82) is 0 Å². The molecule has 0 spiro atoms. The number of benzene rings is 1. The molecule has 0 heterocycles. The Labute approximate surface area is 112 Å². The number of hydrogen-bond acceptors (Lipinski definition) is 3. The summed E-state index contributed by atoms with van der Waals surface area (Å²) in [6.45, 7) is 0.00434. The Morgan fingerprint density at radius 2 is 1.84 bits per heavy atom. The van der Waals surface area contributed by atoms with Gasteiger partial charge < -0.3 is 5.11 Å². The normalized spacial score (nSPS) is 18.6. The van der Waals surface area contributed by atoms with Gasteiger partial charge in [-0.05, 0) is 43.0 Å². The van der Waals surface area contributed by atoms with Crippen LogP contribution < -0.4 is 4.72 Å². The Morgan fingerprint density at radius 1 is 1.26 bits per heavy atom. The van der Waals surface area contributed by atoms with Crippen molar-refractivity contribution < 1.29 is 17.9 Å². The monoisotopic (exact) mass is 287 g/mol. The lowest BCUT2D eigenvalue weighted by Crippen LogP contribution is -2.35. The molecule has 106 valence electrons. The van der Waals surface area contributed by atoms with Crippen molar-refractivity contribution in [2.75, 3.05) is 6.54 Å². The average molecular weight is 287 g/mol. The van der Waals surface area contributed by atoms with Gasteiger partial charge >= 0.3 is 0 Å². The molecule has 0 aliphatic heterocycles. The van der Waals surface area contributed by atoms with Crippen LogP contribution in [-0.2, 0) is 10.0 Å². The van der Waals surface area contributed by atoms with Crippen molar-refractivity contribution in [2.45, 2.75) is 36.7 Å². The van der Waals surface area contributed by atoms with Gasteiger partial charge in [-0.25, -0.2) is 17.5 Å². The number of halogens is 1. The fourth-order valence-corrected chi connectivity index (χ4v) is 3.45. The third-order valence-corrected chi connectivity index (χ3v) is 4.99. The van der Waals surface area contributed by atoms with E-state index in [1.54, 1.807) is 0 Å². The fourth-order valence-electron chi connectivity index (χ4n) is 2.40. The molecule has 0 bridgehead atoms. The van der Waals surface area contributed by atoms with E-state index in [-0.39, 0.29) is 17.4 Å². The van der Waals surface area contributed by atoms with Crippen LogP contribution in [0.25, 0.3) is 0 Å². The molecule has 1 aliphatic rings. The van der Waals surface area contributed by atoms with E-state index < -0.39 is 21.9 Å². The van der Waals surface area contributed by atoms with Gasteiger partial charge in [0.2, 0.25) is 10.0 Å². The number of aliphatic hydroxyl groups excluding tert-OH is 1. The summed E-state index contributed by atoms with van der Waals surface area (Å²) < 4.78 is 38.9. The van der Waals surface area contributed by atoms with Gasteiger partial charge in [-0.1, -0.05) is 12.8 Å². The summed E-state index contributed by atoms with van der Waals surface area (Å²) in [7, 11) is -3.68. The molecule has 1 unspecified atom stereocenters. The Kier molecular flexibility index (Phi) is 4.54. The number of rotatable bonds is 5. The van der Waals surface area contributed by atoms with Crippen molar-refractivity contribution in [3.63, 3.8) is 0 Å². The van der Waals surface area contributed by atoms with Crippen molar-refractivity contribution in [1.82, 2.24) is 4.72 Å². The molecule has 19 heavy (non-hydrogen) atoms. The van der Waals surface area contributed by atoms with Gasteiger partial charge in [0.05, 0.1) is 11.0 Å². The molecular formula is C13H18FNO3S. The van der Waals surface area contributed by atoms with Crippen LogP contribution in [0.5, 0.6) is 0 Å². The van der Waals surface area contributed by atoms with E-state index in [0.717, 1.165) is 37.8 Å². The second kappa shape index (κ2) is 5.98. The Morgan fingerprint density at radius 3 is 2.42 bits per heavy atom. The zero-order valence-electron chi connectivity index (χ0n) is 10.5. The Bertz CT molecular complexity index is 509. The standard InChI is InChI=1S/C13H18FNO3S/c14-11-5-7-12(8-6-11)19(17,18)15-9-13(16)10-3-1-2-4-10/h5-8,10,13,15-16H,1-4,9H2. The van der Waals surface area contributed by atoms with Crippen LogP contribution in [0.1, 0.15) is 25.7 Å². The Hall–Kier alpha value is -0.980. The summed E-state index contributed by atoms with van der Waals surface area (Å²) in [4.78, 5) is 0.00696. The van der Waals surface area contributed by atoms with Gasteiger partial charge in [0.15, 0.2) is 0 Å². The molecule has 1 saturated carbocycles. The lowest BCUT2D eigenvalue weighted by atomic mass is 10.0. The van der Waals surface area contributed by atoms with E-state index in [1.165, 1.54) is 12.1 Å². The minimum Gasteiger partial charge on any atom is -0.391 e. The predicted molar refractivity (Wildman–Crippen MR) is 69.6 cm³/mol. The van der Waals surface area contributed by atoms with E-state index in [1.807, 2.05) is 0 Å². The third-order valence-electron chi connectivity index (χ3n) is 3.55. The molecule has 1 aromatic carbocycles. The summed E-state index contributed by atoms with van der Waals surface area (Å²) in [6.07, 6.45) is 3.41. The van der Waals surface area contributed by atoms with E-state index in [9.17, 15) is 17.9 Å². The minimum absolute atomic E-state index is 0.00434. The largest absolute Gasteiger partial charge is 0.391 e. The highest BCUT2D eigenvalue weighted by Gasteiger charge is 2.24. The molecule has 1 aromatic rings. The summed E-state index contributed by atoms with van der Waals surface area (Å²) in [6, 6.07) is 4.61. The van der Waals surface area contributed by atoms with Crippen LogP contribution >= 0.6 is 0 Å². The molecule has 1 fully saturated rings. The summed E-state index contributed by atoms with van der Waals surface area (Å²) in [5.74, 6) is -0.305. The Balaban J connectivity index is 1.95. The first kappa shape index (κ1) is 14.4. The van der Waals surface area contributed by atoms with Gasteiger partial charge in [0.1, 0.15) is 5.82 Å². The first-order chi connectivity index (χ1) is 8.99. The van der Waals surface area contributed by atoms with Crippen LogP contribution in [0.3, 0.4) is 0 Å². The van der Waals surface area contributed by atoms with Crippen molar-refractivity contribution in [2.24, 2.45) is 5.92 Å². The molecule has 0 radical (unpaired) electrons. The average Bonchev–Trinajstić information content (AvgIpc) is 2.90. The summed E-state index contributed by atoms with van der Waals surface area (Å²) in [5.41, 5.74) is 0. The first-order valence-corrected chi connectivity index (χ1v) is 7.90. The van der Waals surface area contributed by atoms with Crippen molar-refractivity contribution in [3.8, 4) is 0 Å². The summed E-state index contributed by atoms with van der Waals surface area (Å²) in [5, 5.41) is 9.92. The van der Waals surface area contributed by atoms with Crippen LogP contribution in [0.2, 0.25) is 0 Å². The molecule has 0 aromatic heterocycles. The zero-order valence-corrected chi connectivity index (χ0v) is 11.4. The highest BCUT2D eigenvalue weighted by atomic mass is 32.2. The fraction of sp³-hybridized carbons (Fsp3) is 0.538. The molecule has 2 rings (SSSR count). The molecular weight excluding hydrogens is 269 g/mol. The molecule has 2 N–H and O–H groups in total. The second-order valence-corrected chi connectivity index (χ2v) is 6.68. The lowest BCUT2D eigenvalue weighted by molar-refractivity contribution is 0.115. The highest BCUT2D eigenvalue weighted by molar-refractivity contribution is 7.89. The van der Waals surface area contributed by atoms with Gasteiger partial charge in [-0.3, -0.25) is 0 Å². The van der Waals surface area contributed by atoms with Gasteiger partial charge in [0.25, 0.3) is 0 Å². The molecule has 0 saturated heterocycles. The van der Waals surface area contributed by atoms with Gasteiger partial charge in [0, 0.05) is 6.54 Å². The first-order valence-electron chi connectivity index (χ1n) is 6.42. The van der Waals surface area contributed by atoms with E-state index >= 15 is 0 Å². The maximum absolute atomic E-state index is 12.7. The van der Waals surface area contributed by atoms with Gasteiger partial charge in [-0.2, -0.15) is 0 Å². The number of nitrogens with one attached hydrogen (secondary N) is 1. The lowest BCUT2D eigenvalue weighted by Gasteiger charge is -2.18. The zero-order chi connectivity index (χ0) is 13.9. The minimum atomic E-state index is -3.68. The van der Waals surface area contributed by atoms with E-state index in [4.69, 9.17) is 0 Å². The van der Waals surface area contributed by atoms with Crippen LogP contribution in [0, 0.1) is 11.7 Å².